The van der Waals surface area contributed by atoms with E-state index in [2.05, 4.69) is 18.0 Å². The van der Waals surface area contributed by atoms with E-state index >= 15 is 0 Å². The molecule has 2 rings (SSSR count). The van der Waals surface area contributed by atoms with E-state index in [1.54, 1.807) is 0 Å². The van der Waals surface area contributed by atoms with Gasteiger partial charge in [0.15, 0.2) is 0 Å². The van der Waals surface area contributed by atoms with Crippen molar-refractivity contribution in [3.8, 4) is 0 Å². The molecule has 72 valence electrons. The molecule has 13 heavy (non-hydrogen) atoms. The number of rotatable bonds is 2. The van der Waals surface area contributed by atoms with E-state index < -0.39 is 0 Å². The minimum Gasteiger partial charge on any atom is -0.362 e. The minimum atomic E-state index is 0.264. The van der Waals surface area contributed by atoms with Crippen molar-refractivity contribution in [3.05, 3.63) is 23.0 Å². The fraction of sp³-hybridized carbons (Fsp3) is 0.636. The van der Waals surface area contributed by atoms with Crippen LogP contribution in [-0.2, 0) is 19.3 Å². The molecule has 0 unspecified atom stereocenters. The van der Waals surface area contributed by atoms with Crippen molar-refractivity contribution in [2.75, 3.05) is 0 Å². The lowest BCUT2D eigenvalue weighted by Gasteiger charge is -2.09. The van der Waals surface area contributed by atoms with E-state index in [0.29, 0.717) is 0 Å². The Morgan fingerprint density at radius 2 is 2.23 bits per heavy atom. The van der Waals surface area contributed by atoms with Gasteiger partial charge >= 0.3 is 0 Å². The molecule has 1 aromatic rings. The van der Waals surface area contributed by atoms with Crippen LogP contribution in [0.3, 0.4) is 0 Å². The van der Waals surface area contributed by atoms with Crippen molar-refractivity contribution in [2.45, 2.75) is 45.1 Å². The summed E-state index contributed by atoms with van der Waals surface area (Å²) >= 11 is 0. The van der Waals surface area contributed by atoms with Crippen LogP contribution >= 0.6 is 0 Å². The summed E-state index contributed by atoms with van der Waals surface area (Å²) in [7, 11) is 0. The molecule has 0 amide bonds. The van der Waals surface area contributed by atoms with Gasteiger partial charge in [-0.15, -0.1) is 0 Å². The van der Waals surface area contributed by atoms with Crippen LogP contribution in [0.4, 0.5) is 0 Å². The summed E-state index contributed by atoms with van der Waals surface area (Å²) in [6.45, 7) is 2.06. The standard InChI is InChI=1S/C11H18N2/c1-8(12)6-10-7-9-4-2-3-5-11(9)13-10/h7-8,13H,2-6,12H2,1H3/t8-/m1/s1. The summed E-state index contributed by atoms with van der Waals surface area (Å²) in [4.78, 5) is 3.48. The van der Waals surface area contributed by atoms with E-state index in [9.17, 15) is 0 Å². The second-order valence-corrected chi connectivity index (χ2v) is 4.19. The van der Waals surface area contributed by atoms with Crippen molar-refractivity contribution in [2.24, 2.45) is 5.73 Å². The zero-order valence-corrected chi connectivity index (χ0v) is 8.27. The Morgan fingerprint density at radius 1 is 1.46 bits per heavy atom. The lowest BCUT2D eigenvalue weighted by Crippen LogP contribution is -2.17. The first-order chi connectivity index (χ1) is 6.25. The van der Waals surface area contributed by atoms with Gasteiger partial charge in [0.05, 0.1) is 0 Å². The zero-order valence-electron chi connectivity index (χ0n) is 8.27. The Balaban J connectivity index is 2.15. The molecule has 1 atom stereocenters. The largest absolute Gasteiger partial charge is 0.362 e. The molecule has 0 saturated heterocycles. The number of hydrogen-bond donors (Lipinski definition) is 2. The molecule has 1 aliphatic carbocycles. The predicted molar refractivity (Wildman–Crippen MR) is 54.8 cm³/mol. The average Bonchev–Trinajstić information content (AvgIpc) is 2.44. The molecule has 0 bridgehead atoms. The monoisotopic (exact) mass is 178 g/mol. The van der Waals surface area contributed by atoms with Crippen LogP contribution in [0.1, 0.15) is 36.7 Å². The Kier molecular flexibility index (Phi) is 2.40. The molecular formula is C11H18N2. The fourth-order valence-corrected chi connectivity index (χ4v) is 2.13. The minimum absolute atomic E-state index is 0.264. The lowest BCUT2D eigenvalue weighted by atomic mass is 9.98. The summed E-state index contributed by atoms with van der Waals surface area (Å²) in [5.41, 5.74) is 10.1. The van der Waals surface area contributed by atoms with Gasteiger partial charge in [-0.2, -0.15) is 0 Å². The Labute approximate surface area is 79.5 Å². The van der Waals surface area contributed by atoms with Crippen LogP contribution < -0.4 is 5.73 Å². The third kappa shape index (κ3) is 1.94. The molecule has 3 N–H and O–H groups in total. The maximum Gasteiger partial charge on any atom is 0.0181 e. The molecule has 1 aliphatic rings. The van der Waals surface area contributed by atoms with Crippen LogP contribution in [0, 0.1) is 0 Å². The van der Waals surface area contributed by atoms with Crippen molar-refractivity contribution in [3.63, 3.8) is 0 Å². The summed E-state index contributed by atoms with van der Waals surface area (Å²) in [6.07, 6.45) is 6.15. The van der Waals surface area contributed by atoms with Gasteiger partial charge in [0, 0.05) is 23.9 Å². The highest BCUT2D eigenvalue weighted by atomic mass is 14.7. The molecule has 1 heterocycles. The summed E-state index contributed by atoms with van der Waals surface area (Å²) < 4.78 is 0. The summed E-state index contributed by atoms with van der Waals surface area (Å²) in [5.74, 6) is 0. The van der Waals surface area contributed by atoms with E-state index in [-0.39, 0.29) is 6.04 Å². The number of hydrogen-bond acceptors (Lipinski definition) is 1. The number of fused-ring (bicyclic) bond motifs is 1. The van der Waals surface area contributed by atoms with Crippen LogP contribution in [0.5, 0.6) is 0 Å². The molecule has 0 saturated carbocycles. The number of nitrogens with one attached hydrogen (secondary N) is 1. The van der Waals surface area contributed by atoms with Crippen molar-refractivity contribution < 1.29 is 0 Å². The number of nitrogens with two attached hydrogens (primary N) is 1. The van der Waals surface area contributed by atoms with E-state index in [1.165, 1.54) is 42.6 Å². The van der Waals surface area contributed by atoms with Crippen molar-refractivity contribution in [1.82, 2.24) is 4.98 Å². The van der Waals surface area contributed by atoms with Gasteiger partial charge in [0.2, 0.25) is 0 Å². The normalized spacial score (nSPS) is 18.3. The quantitative estimate of drug-likeness (QED) is 0.712. The highest BCUT2D eigenvalue weighted by molar-refractivity contribution is 5.28. The molecule has 0 aliphatic heterocycles. The van der Waals surface area contributed by atoms with Gasteiger partial charge in [-0.05, 0) is 44.2 Å². The van der Waals surface area contributed by atoms with E-state index in [1.807, 2.05) is 0 Å². The molecule has 1 aromatic heterocycles. The molecule has 0 fully saturated rings. The average molecular weight is 178 g/mol. The molecular weight excluding hydrogens is 160 g/mol. The maximum absolute atomic E-state index is 5.76. The Hall–Kier alpha value is -0.760. The molecule has 0 aromatic carbocycles. The lowest BCUT2D eigenvalue weighted by molar-refractivity contribution is 0.674. The smallest absolute Gasteiger partial charge is 0.0181 e. The van der Waals surface area contributed by atoms with Gasteiger partial charge in [0.25, 0.3) is 0 Å². The highest BCUT2D eigenvalue weighted by Gasteiger charge is 2.12. The van der Waals surface area contributed by atoms with E-state index in [0.717, 1.165) is 6.42 Å². The van der Waals surface area contributed by atoms with Gasteiger partial charge < -0.3 is 10.7 Å². The highest BCUT2D eigenvalue weighted by Crippen LogP contribution is 2.21. The SMILES string of the molecule is C[C@@H](N)Cc1cc2c([nH]1)CCCC2. The van der Waals surface area contributed by atoms with Crippen molar-refractivity contribution in [1.29, 1.82) is 0 Å². The maximum atomic E-state index is 5.76. The van der Waals surface area contributed by atoms with Crippen LogP contribution in [0.25, 0.3) is 0 Å². The third-order valence-electron chi connectivity index (χ3n) is 2.71. The molecule has 2 heteroatoms. The fourth-order valence-electron chi connectivity index (χ4n) is 2.13. The topological polar surface area (TPSA) is 41.8 Å². The van der Waals surface area contributed by atoms with Gasteiger partial charge in [-0.25, -0.2) is 0 Å². The molecule has 0 radical (unpaired) electrons. The van der Waals surface area contributed by atoms with Gasteiger partial charge in [-0.1, -0.05) is 0 Å². The van der Waals surface area contributed by atoms with Crippen molar-refractivity contribution >= 4 is 0 Å². The molecule has 2 nitrogen and oxygen atoms in total. The van der Waals surface area contributed by atoms with Gasteiger partial charge in [0.1, 0.15) is 0 Å². The number of aryl methyl sites for hydroxylation is 2. The summed E-state index contributed by atoms with van der Waals surface area (Å²) in [5, 5.41) is 0. The third-order valence-corrected chi connectivity index (χ3v) is 2.71. The second-order valence-electron chi connectivity index (χ2n) is 4.19. The Bertz CT molecular complexity index is 263. The zero-order chi connectivity index (χ0) is 9.26. The van der Waals surface area contributed by atoms with Crippen LogP contribution in [0.2, 0.25) is 0 Å². The first kappa shape index (κ1) is 8.82. The first-order valence-electron chi connectivity index (χ1n) is 5.21. The summed E-state index contributed by atoms with van der Waals surface area (Å²) in [6, 6.07) is 2.57. The van der Waals surface area contributed by atoms with Gasteiger partial charge in [-0.3, -0.25) is 0 Å². The van der Waals surface area contributed by atoms with Crippen LogP contribution in [0.15, 0.2) is 6.07 Å². The first-order valence-corrected chi connectivity index (χ1v) is 5.21. The van der Waals surface area contributed by atoms with Crippen LogP contribution in [-0.4, -0.2) is 11.0 Å². The second kappa shape index (κ2) is 3.54. The number of aromatic amines is 1. The van der Waals surface area contributed by atoms with E-state index in [4.69, 9.17) is 5.73 Å². The Morgan fingerprint density at radius 3 is 2.92 bits per heavy atom. The number of H-pyrrole nitrogens is 1. The molecule has 0 spiro atoms. The number of aromatic nitrogens is 1. The predicted octanol–water partition coefficient (Wildman–Crippen LogP) is 1.78.